The number of pyridine rings is 1. The number of aryl methyl sites for hydroxylation is 1. The molecule has 1 aliphatic heterocycles. The SMILES string of the molecule is Cn1c(Nc2cc(C(F)(F)F)ccc2F)nc2cc(Oc3ccnc(C4=NC(C(F)(F)F)C(CO)N4)c3)ccc21. The van der Waals surface area contributed by atoms with E-state index in [1.807, 2.05) is 0 Å². The number of hydrogen-bond acceptors (Lipinski definition) is 7. The number of anilines is 2. The third kappa shape index (κ3) is 5.36. The number of benzene rings is 2. The molecule has 2 atom stereocenters. The lowest BCUT2D eigenvalue weighted by atomic mass is 10.1. The van der Waals surface area contributed by atoms with E-state index in [0.29, 0.717) is 29.2 Å². The van der Waals surface area contributed by atoms with E-state index in [0.717, 1.165) is 0 Å². The molecule has 3 heterocycles. The second-order valence-corrected chi connectivity index (χ2v) is 8.84. The van der Waals surface area contributed by atoms with Crippen LogP contribution in [-0.4, -0.2) is 50.3 Å². The van der Waals surface area contributed by atoms with Crippen molar-refractivity contribution in [1.29, 1.82) is 0 Å². The Bertz CT molecular complexity index is 1600. The van der Waals surface area contributed by atoms with Gasteiger partial charge in [-0.3, -0.25) is 9.98 Å². The normalized spacial score (nSPS) is 17.6. The van der Waals surface area contributed by atoms with Crippen molar-refractivity contribution >= 4 is 28.5 Å². The number of alkyl halides is 6. The first kappa shape index (κ1) is 27.2. The molecule has 0 amide bonds. The Kier molecular flexibility index (Phi) is 6.77. The molecule has 0 spiro atoms. The highest BCUT2D eigenvalue weighted by Gasteiger charge is 2.48. The highest BCUT2D eigenvalue weighted by molar-refractivity contribution is 5.99. The number of aromatic nitrogens is 3. The van der Waals surface area contributed by atoms with E-state index in [1.54, 1.807) is 19.2 Å². The number of amidine groups is 1. The van der Waals surface area contributed by atoms with Crippen molar-refractivity contribution in [2.24, 2.45) is 12.0 Å². The third-order valence-electron chi connectivity index (χ3n) is 6.11. The van der Waals surface area contributed by atoms with Gasteiger partial charge in [-0.05, 0) is 36.4 Å². The fourth-order valence-electron chi connectivity index (χ4n) is 4.12. The third-order valence-corrected chi connectivity index (χ3v) is 6.11. The predicted molar refractivity (Wildman–Crippen MR) is 130 cm³/mol. The number of hydrogen-bond donors (Lipinski definition) is 3. The number of halogens is 7. The Morgan fingerprint density at radius 3 is 2.45 bits per heavy atom. The fourth-order valence-corrected chi connectivity index (χ4v) is 4.12. The summed E-state index contributed by atoms with van der Waals surface area (Å²) < 4.78 is 100. The van der Waals surface area contributed by atoms with Crippen molar-refractivity contribution in [3.05, 3.63) is 71.8 Å². The molecule has 4 aromatic rings. The van der Waals surface area contributed by atoms with Gasteiger partial charge >= 0.3 is 12.4 Å². The summed E-state index contributed by atoms with van der Waals surface area (Å²) in [6.07, 6.45) is -8.00. The maximum absolute atomic E-state index is 14.2. The molecule has 15 heteroatoms. The van der Waals surface area contributed by atoms with Gasteiger partial charge in [-0.2, -0.15) is 26.3 Å². The van der Waals surface area contributed by atoms with Gasteiger partial charge in [0.2, 0.25) is 5.95 Å². The molecule has 3 N–H and O–H groups in total. The zero-order valence-electron chi connectivity index (χ0n) is 20.3. The fraction of sp³-hybridized carbons (Fsp3) is 0.240. The smallest absolute Gasteiger partial charge is 0.416 e. The topological polar surface area (TPSA) is 96.6 Å². The van der Waals surface area contributed by atoms with E-state index >= 15 is 0 Å². The molecule has 0 fully saturated rings. The monoisotopic (exact) mass is 568 g/mol. The van der Waals surface area contributed by atoms with E-state index in [4.69, 9.17) is 4.74 Å². The largest absolute Gasteiger partial charge is 0.457 e. The zero-order valence-corrected chi connectivity index (χ0v) is 20.3. The summed E-state index contributed by atoms with van der Waals surface area (Å²) >= 11 is 0. The van der Waals surface area contributed by atoms with Crippen LogP contribution in [0, 0.1) is 5.82 Å². The Labute approximate surface area is 221 Å². The number of aliphatic hydroxyl groups is 1. The van der Waals surface area contributed by atoms with Crippen molar-refractivity contribution in [3.63, 3.8) is 0 Å². The van der Waals surface area contributed by atoms with Crippen molar-refractivity contribution in [2.45, 2.75) is 24.4 Å². The maximum Gasteiger partial charge on any atom is 0.416 e. The molecule has 0 saturated heterocycles. The van der Waals surface area contributed by atoms with Crippen LogP contribution in [0.4, 0.5) is 42.4 Å². The Hall–Kier alpha value is -4.40. The first-order chi connectivity index (χ1) is 18.8. The Balaban J connectivity index is 1.38. The predicted octanol–water partition coefficient (Wildman–Crippen LogP) is 5.30. The van der Waals surface area contributed by atoms with Gasteiger partial charge in [0.25, 0.3) is 0 Å². The van der Waals surface area contributed by atoms with E-state index < -0.39 is 48.1 Å². The number of ether oxygens (including phenoxy) is 1. The number of nitrogens with zero attached hydrogens (tertiary/aromatic N) is 4. The molecule has 0 saturated carbocycles. The minimum absolute atomic E-state index is 0.0659. The summed E-state index contributed by atoms with van der Waals surface area (Å²) in [5.74, 6) is -0.484. The standard InChI is InChI=1S/C25H19F7N6O2/c1-38-20-5-3-13(9-17(20)36-23(38)35-16-8-12(24(27,28)29)2-4-15(16)26)40-14-6-7-33-18(10-14)22-34-19(11-39)21(37-22)25(30,31)32/h2-10,19,21,39H,11H2,1H3,(H,34,37)(H,35,36). The average molecular weight is 568 g/mol. The minimum Gasteiger partial charge on any atom is -0.457 e. The molecule has 2 aromatic heterocycles. The molecule has 2 aromatic carbocycles. The van der Waals surface area contributed by atoms with Crippen molar-refractivity contribution in [2.75, 3.05) is 11.9 Å². The number of rotatable bonds is 6. The van der Waals surface area contributed by atoms with Gasteiger partial charge in [0.05, 0.1) is 34.9 Å². The van der Waals surface area contributed by atoms with Gasteiger partial charge in [-0.15, -0.1) is 0 Å². The van der Waals surface area contributed by atoms with Crippen LogP contribution >= 0.6 is 0 Å². The molecular formula is C25H19F7N6O2. The molecule has 0 bridgehead atoms. The summed E-state index contributed by atoms with van der Waals surface area (Å²) in [5, 5.41) is 14.4. The number of fused-ring (bicyclic) bond motifs is 1. The molecule has 0 aliphatic carbocycles. The van der Waals surface area contributed by atoms with Crippen molar-refractivity contribution in [3.8, 4) is 11.5 Å². The molecular weight excluding hydrogens is 549 g/mol. The van der Waals surface area contributed by atoms with E-state index in [1.165, 1.54) is 29.0 Å². The van der Waals surface area contributed by atoms with Crippen LogP contribution in [0.15, 0.2) is 59.7 Å². The first-order valence-electron chi connectivity index (χ1n) is 11.6. The van der Waals surface area contributed by atoms with Crippen molar-refractivity contribution in [1.82, 2.24) is 19.9 Å². The van der Waals surface area contributed by atoms with Gasteiger partial charge in [-0.25, -0.2) is 9.37 Å². The average Bonchev–Trinajstić information content (AvgIpc) is 3.46. The van der Waals surface area contributed by atoms with Crippen molar-refractivity contribution < 1.29 is 40.6 Å². The Morgan fingerprint density at radius 2 is 1.77 bits per heavy atom. The van der Waals surface area contributed by atoms with Gasteiger partial charge < -0.3 is 25.0 Å². The highest BCUT2D eigenvalue weighted by Crippen LogP contribution is 2.34. The lowest BCUT2D eigenvalue weighted by molar-refractivity contribution is -0.152. The summed E-state index contributed by atoms with van der Waals surface area (Å²) in [6, 6.07) is 6.07. The minimum atomic E-state index is -4.66. The molecule has 8 nitrogen and oxygen atoms in total. The van der Waals surface area contributed by atoms with E-state index in [2.05, 4.69) is 25.6 Å². The second-order valence-electron chi connectivity index (χ2n) is 8.84. The quantitative estimate of drug-likeness (QED) is 0.273. The van der Waals surface area contributed by atoms with Gasteiger partial charge in [-0.1, -0.05) is 0 Å². The summed E-state index contributed by atoms with van der Waals surface area (Å²) in [7, 11) is 1.59. The second kappa shape index (κ2) is 9.97. The van der Waals surface area contributed by atoms with Crippen LogP contribution in [0.5, 0.6) is 11.5 Å². The van der Waals surface area contributed by atoms with Crippen LogP contribution in [0.1, 0.15) is 11.3 Å². The van der Waals surface area contributed by atoms with Gasteiger partial charge in [0.1, 0.15) is 28.8 Å². The molecule has 2 unspecified atom stereocenters. The summed E-state index contributed by atoms with van der Waals surface area (Å²) in [6.45, 7) is -0.783. The first-order valence-corrected chi connectivity index (χ1v) is 11.6. The number of imidazole rings is 1. The molecule has 0 radical (unpaired) electrons. The van der Waals surface area contributed by atoms with Crippen LogP contribution in [0.25, 0.3) is 11.0 Å². The van der Waals surface area contributed by atoms with Crippen LogP contribution in [0.2, 0.25) is 0 Å². The van der Waals surface area contributed by atoms with Crippen LogP contribution < -0.4 is 15.4 Å². The molecule has 5 rings (SSSR count). The Morgan fingerprint density at radius 1 is 1.02 bits per heavy atom. The zero-order chi connectivity index (χ0) is 28.8. The van der Waals surface area contributed by atoms with Gasteiger partial charge in [0, 0.05) is 25.4 Å². The lowest BCUT2D eigenvalue weighted by Gasteiger charge is -2.18. The number of aliphatic imine (C=N–C) groups is 1. The molecule has 40 heavy (non-hydrogen) atoms. The van der Waals surface area contributed by atoms with Crippen LogP contribution in [0.3, 0.4) is 0 Å². The summed E-state index contributed by atoms with van der Waals surface area (Å²) in [5.41, 5.74) is -0.452. The maximum atomic E-state index is 14.2. The number of nitrogens with one attached hydrogen (secondary N) is 2. The van der Waals surface area contributed by atoms with E-state index in [9.17, 15) is 35.8 Å². The van der Waals surface area contributed by atoms with Gasteiger partial charge in [0.15, 0.2) is 6.04 Å². The lowest BCUT2D eigenvalue weighted by Crippen LogP contribution is -2.44. The molecule has 1 aliphatic rings. The number of aliphatic hydroxyl groups excluding tert-OH is 1. The van der Waals surface area contributed by atoms with E-state index in [-0.39, 0.29) is 29.0 Å². The highest BCUT2D eigenvalue weighted by atomic mass is 19.4. The van der Waals surface area contributed by atoms with Crippen LogP contribution in [-0.2, 0) is 13.2 Å². The molecule has 210 valence electrons. The summed E-state index contributed by atoms with van der Waals surface area (Å²) in [4.78, 5) is 12.0.